The third-order valence-corrected chi connectivity index (χ3v) is 11.9. The molecule has 3 unspecified atom stereocenters. The van der Waals surface area contributed by atoms with Crippen molar-refractivity contribution in [3.05, 3.63) is 106 Å². The van der Waals surface area contributed by atoms with Crippen LogP contribution in [-0.2, 0) is 26.9 Å². The number of amides is 1. The number of aromatic nitrogens is 1. The van der Waals surface area contributed by atoms with E-state index in [9.17, 15) is 18.8 Å². The third kappa shape index (κ3) is 5.66. The predicted molar refractivity (Wildman–Crippen MR) is 185 cm³/mol. The minimum absolute atomic E-state index is 0.0118. The second-order valence-corrected chi connectivity index (χ2v) is 15.0. The number of likely N-dealkylation sites (tertiary alicyclic amines) is 1. The molecule has 1 N–H and O–H groups in total. The summed E-state index contributed by atoms with van der Waals surface area (Å²) in [5, 5.41) is 20.8. The number of nitrogens with zero attached hydrogens (tertiary/aromatic N) is 6. The Kier molecular flexibility index (Phi) is 9.19. The van der Waals surface area contributed by atoms with Crippen molar-refractivity contribution in [2.75, 3.05) is 50.7 Å². The highest BCUT2D eigenvalue weighted by Crippen LogP contribution is 2.56. The van der Waals surface area contributed by atoms with Gasteiger partial charge in [0.25, 0.3) is 15.9 Å². The number of hydrogen-bond donors (Lipinski definition) is 1. The van der Waals surface area contributed by atoms with E-state index in [-0.39, 0.29) is 40.0 Å². The number of carbonyl (C=O) groups is 1. The summed E-state index contributed by atoms with van der Waals surface area (Å²) in [5.41, 5.74) is 0.185. The maximum atomic E-state index is 15.5. The first-order chi connectivity index (χ1) is 24.1. The quantitative estimate of drug-likeness (QED) is 0.267. The monoisotopic (exact) mass is 716 g/mol. The third-order valence-electron chi connectivity index (χ3n) is 10.0. The average Bonchev–Trinajstić information content (AvgIpc) is 3.86. The van der Waals surface area contributed by atoms with Crippen LogP contribution in [0.15, 0.2) is 82.4 Å². The molecule has 260 valence electrons. The molecule has 0 spiro atoms. The summed E-state index contributed by atoms with van der Waals surface area (Å²) in [6, 6.07) is 17.0. The Morgan fingerprint density at radius 1 is 1.06 bits per heavy atom. The number of halogens is 1. The number of sulfonamides is 1. The fourth-order valence-corrected chi connectivity index (χ4v) is 9.19. The van der Waals surface area contributed by atoms with Crippen LogP contribution in [0.1, 0.15) is 47.5 Å². The largest absolute Gasteiger partial charge is 0.496 e. The van der Waals surface area contributed by atoms with Crippen molar-refractivity contribution in [3.8, 4) is 11.8 Å². The lowest BCUT2D eigenvalue weighted by Crippen LogP contribution is -2.55. The van der Waals surface area contributed by atoms with Gasteiger partial charge in [0, 0.05) is 55.4 Å². The van der Waals surface area contributed by atoms with Gasteiger partial charge in [0.1, 0.15) is 12.0 Å². The highest BCUT2D eigenvalue weighted by atomic mass is 35.5. The first kappa shape index (κ1) is 34.2. The number of ether oxygens (including phenoxy) is 1. The molecule has 12 nitrogen and oxygen atoms in total. The van der Waals surface area contributed by atoms with E-state index in [1.165, 1.54) is 56.0 Å². The van der Waals surface area contributed by atoms with Crippen LogP contribution in [-0.4, -0.2) is 91.6 Å². The molecule has 50 heavy (non-hydrogen) atoms. The zero-order chi connectivity index (χ0) is 35.2. The molecule has 0 bridgehead atoms. The Labute approximate surface area is 296 Å². The summed E-state index contributed by atoms with van der Waals surface area (Å²) >= 11 is 6.65. The predicted octanol–water partition coefficient (Wildman–Crippen LogP) is 4.13. The van der Waals surface area contributed by atoms with Crippen LogP contribution in [0, 0.1) is 11.3 Å². The molecule has 0 saturated carbocycles. The fraction of sp³-hybridized carbons (Fsp3) is 0.361. The van der Waals surface area contributed by atoms with Gasteiger partial charge in [0.2, 0.25) is 5.89 Å². The molecule has 0 aliphatic carbocycles. The summed E-state index contributed by atoms with van der Waals surface area (Å²) in [6.45, 7) is 7.60. The van der Waals surface area contributed by atoms with Crippen molar-refractivity contribution < 1.29 is 27.5 Å². The molecule has 14 heteroatoms. The first-order valence-corrected chi connectivity index (χ1v) is 18.3. The molecular weight excluding hydrogens is 680 g/mol. The van der Waals surface area contributed by atoms with Gasteiger partial charge >= 0.3 is 0 Å². The molecule has 0 radical (unpaired) electrons. The van der Waals surface area contributed by atoms with Crippen molar-refractivity contribution in [2.45, 2.75) is 42.5 Å². The first-order valence-electron chi connectivity index (χ1n) is 16.5. The molecule has 3 aliphatic heterocycles. The van der Waals surface area contributed by atoms with E-state index in [0.29, 0.717) is 23.4 Å². The van der Waals surface area contributed by atoms with Gasteiger partial charge in [-0.2, -0.15) is 5.26 Å². The summed E-state index contributed by atoms with van der Waals surface area (Å²) in [6.07, 6.45) is 2.20. The Balaban J connectivity index is 1.43. The summed E-state index contributed by atoms with van der Waals surface area (Å²) in [5.74, 6) is -0.154. The van der Waals surface area contributed by atoms with Crippen molar-refractivity contribution >= 4 is 33.2 Å². The molecule has 4 heterocycles. The van der Waals surface area contributed by atoms with Gasteiger partial charge in [-0.3, -0.25) is 14.6 Å². The lowest BCUT2D eigenvalue weighted by Gasteiger charge is -2.41. The molecule has 4 aromatic rings. The van der Waals surface area contributed by atoms with Crippen LogP contribution < -0.4 is 9.04 Å². The van der Waals surface area contributed by atoms with Gasteiger partial charge in [-0.1, -0.05) is 30.7 Å². The minimum atomic E-state index is -4.53. The number of hydrogen-bond acceptors (Lipinski definition) is 11. The van der Waals surface area contributed by atoms with Crippen molar-refractivity contribution in [1.82, 2.24) is 19.7 Å². The molecule has 2 fully saturated rings. The SMILES string of the molecule is CCN1CCN(Cc2ccc(C3(N4CC(O)CC4c4ncco4)C(=O)N(S(=O)(=O)c4ccc(C#N)cc4)c4ccc(Cl)cc43)c(OC)c2)CC1. The summed E-state index contributed by atoms with van der Waals surface area (Å²) < 4.78 is 41.6. The number of carbonyl (C=O) groups excluding carboxylic acids is 1. The number of methoxy groups -OCH3 is 1. The van der Waals surface area contributed by atoms with Crippen molar-refractivity contribution in [2.24, 2.45) is 0 Å². The number of aliphatic hydroxyl groups is 1. The number of likely N-dealkylation sites (N-methyl/N-ethyl adjacent to an activating group) is 1. The van der Waals surface area contributed by atoms with E-state index in [2.05, 4.69) is 21.7 Å². The Bertz CT molecular complexity index is 2050. The van der Waals surface area contributed by atoms with Crippen LogP contribution in [0.4, 0.5) is 5.69 Å². The van der Waals surface area contributed by atoms with Gasteiger partial charge in [-0.05, 0) is 67.1 Å². The molecule has 2 saturated heterocycles. The highest BCUT2D eigenvalue weighted by Gasteiger charge is 2.63. The lowest BCUT2D eigenvalue weighted by molar-refractivity contribution is -0.127. The number of piperazine rings is 1. The topological polar surface area (TPSA) is 143 Å². The molecule has 1 aromatic heterocycles. The fourth-order valence-electron chi connectivity index (χ4n) is 7.56. The number of β-amino-alcohol motifs (C(OH)–C–C–N with tert-alkyl or cyclic N) is 1. The number of benzene rings is 3. The number of oxazole rings is 1. The number of nitriles is 1. The second kappa shape index (κ2) is 13.4. The van der Waals surface area contributed by atoms with E-state index in [4.69, 9.17) is 20.8 Å². The van der Waals surface area contributed by atoms with E-state index >= 15 is 4.79 Å². The standard InChI is InChI=1S/C36H37ClN6O6S/c1-3-40-13-15-41(16-14-40)22-25-6-10-29(33(18-25)48-2)36(42-23-27(44)20-32(42)34-39-12-17-49-34)30-19-26(37)7-11-31(30)43(35(36)45)50(46,47)28-8-4-24(21-38)5-9-28/h4-12,17-19,27,32,44H,3,13-16,20,22-23H2,1-2H3. The molecule has 3 aliphatic rings. The van der Waals surface area contributed by atoms with Crippen LogP contribution in [0.3, 0.4) is 0 Å². The number of fused-ring (bicyclic) bond motifs is 1. The Hall–Kier alpha value is -4.29. The maximum absolute atomic E-state index is 15.5. The second-order valence-electron chi connectivity index (χ2n) is 12.8. The highest BCUT2D eigenvalue weighted by molar-refractivity contribution is 7.93. The zero-order valence-electron chi connectivity index (χ0n) is 27.7. The van der Waals surface area contributed by atoms with Crippen molar-refractivity contribution in [3.63, 3.8) is 0 Å². The average molecular weight is 717 g/mol. The molecule has 1 amide bonds. The smallest absolute Gasteiger partial charge is 0.271 e. The van der Waals surface area contributed by atoms with Gasteiger partial charge in [0.05, 0.1) is 47.7 Å². The van der Waals surface area contributed by atoms with Crippen LogP contribution in [0.5, 0.6) is 5.75 Å². The zero-order valence-corrected chi connectivity index (χ0v) is 29.3. The van der Waals surface area contributed by atoms with Crippen LogP contribution >= 0.6 is 11.6 Å². The molecule has 3 aromatic carbocycles. The summed E-state index contributed by atoms with van der Waals surface area (Å²) in [4.78, 5) is 26.2. The number of rotatable bonds is 9. The van der Waals surface area contributed by atoms with Crippen molar-refractivity contribution in [1.29, 1.82) is 5.26 Å². The van der Waals surface area contributed by atoms with Crippen LogP contribution in [0.2, 0.25) is 5.02 Å². The lowest BCUT2D eigenvalue weighted by atomic mass is 9.80. The maximum Gasteiger partial charge on any atom is 0.271 e. The molecule has 7 rings (SSSR count). The van der Waals surface area contributed by atoms with E-state index in [0.717, 1.165) is 42.6 Å². The van der Waals surface area contributed by atoms with E-state index < -0.39 is 33.6 Å². The molecule has 3 atom stereocenters. The molecular formula is C36H37ClN6O6S. The number of aliphatic hydroxyl groups excluding tert-OH is 1. The summed E-state index contributed by atoms with van der Waals surface area (Å²) in [7, 11) is -3.02. The Morgan fingerprint density at radius 3 is 2.46 bits per heavy atom. The minimum Gasteiger partial charge on any atom is -0.496 e. The normalized spacial score (nSPS) is 23.3. The van der Waals surface area contributed by atoms with E-state index in [1.54, 1.807) is 11.0 Å². The Morgan fingerprint density at radius 2 is 1.80 bits per heavy atom. The van der Waals surface area contributed by atoms with Gasteiger partial charge < -0.3 is 19.2 Å². The van der Waals surface area contributed by atoms with Gasteiger partial charge in [-0.15, -0.1) is 0 Å². The van der Waals surface area contributed by atoms with Gasteiger partial charge in [0.15, 0.2) is 5.54 Å². The van der Waals surface area contributed by atoms with Crippen LogP contribution in [0.25, 0.3) is 0 Å². The van der Waals surface area contributed by atoms with E-state index in [1.807, 2.05) is 24.3 Å². The number of anilines is 1. The van der Waals surface area contributed by atoms with Gasteiger partial charge in [-0.25, -0.2) is 17.7 Å².